The number of rotatable bonds is 5. The monoisotopic (exact) mass is 205 g/mol. The Morgan fingerprint density at radius 1 is 1.60 bits per heavy atom. The Bertz CT molecular complexity index is 320. The number of aromatic nitrogens is 1. The molecule has 0 bridgehead atoms. The minimum Gasteiger partial charge on any atom is -0.466 e. The van der Waals surface area contributed by atoms with E-state index >= 15 is 0 Å². The van der Waals surface area contributed by atoms with Gasteiger partial charge in [0.05, 0.1) is 6.61 Å². The van der Waals surface area contributed by atoms with Gasteiger partial charge in [-0.2, -0.15) is 0 Å². The Morgan fingerprint density at radius 2 is 2.47 bits per heavy atom. The van der Waals surface area contributed by atoms with Gasteiger partial charge >= 0.3 is 5.97 Å². The van der Waals surface area contributed by atoms with Gasteiger partial charge in [-0.05, 0) is 25.0 Å². The van der Waals surface area contributed by atoms with Crippen LogP contribution in [0.4, 0.5) is 0 Å². The Balaban J connectivity index is 2.26. The molecule has 1 aromatic heterocycles. The van der Waals surface area contributed by atoms with E-state index in [4.69, 9.17) is 4.74 Å². The summed E-state index contributed by atoms with van der Waals surface area (Å²) in [6, 6.07) is 3.85. The van der Waals surface area contributed by atoms with Crippen LogP contribution in [0.5, 0.6) is 0 Å². The van der Waals surface area contributed by atoms with Gasteiger partial charge in [0.25, 0.3) is 0 Å². The highest BCUT2D eigenvalue weighted by atomic mass is 16.5. The summed E-state index contributed by atoms with van der Waals surface area (Å²) in [5.74, 6) is -0.145. The Morgan fingerprint density at radius 3 is 3.13 bits per heavy atom. The van der Waals surface area contributed by atoms with E-state index in [2.05, 4.69) is 4.98 Å². The largest absolute Gasteiger partial charge is 0.466 e. The van der Waals surface area contributed by atoms with Crippen LogP contribution in [0, 0.1) is 0 Å². The average molecular weight is 205 g/mol. The summed E-state index contributed by atoms with van der Waals surface area (Å²) in [4.78, 5) is 15.0. The second kappa shape index (κ2) is 6.76. The van der Waals surface area contributed by atoms with Crippen molar-refractivity contribution in [1.82, 2.24) is 4.98 Å². The summed E-state index contributed by atoms with van der Waals surface area (Å²) >= 11 is 0. The zero-order valence-corrected chi connectivity index (χ0v) is 8.85. The maximum atomic E-state index is 11.0. The molecule has 1 rings (SSSR count). The zero-order chi connectivity index (χ0) is 10.9. The van der Waals surface area contributed by atoms with Crippen LogP contribution in [0.15, 0.2) is 30.6 Å². The number of allylic oxidation sites excluding steroid dienone is 1. The number of pyridine rings is 1. The summed E-state index contributed by atoms with van der Waals surface area (Å²) in [6.45, 7) is 2.26. The minimum absolute atomic E-state index is 0.145. The fourth-order valence-corrected chi connectivity index (χ4v) is 1.13. The van der Waals surface area contributed by atoms with Gasteiger partial charge in [-0.1, -0.05) is 18.2 Å². The maximum Gasteiger partial charge on any atom is 0.306 e. The topological polar surface area (TPSA) is 39.2 Å². The van der Waals surface area contributed by atoms with E-state index in [1.54, 1.807) is 12.4 Å². The lowest BCUT2D eigenvalue weighted by Crippen LogP contribution is -2.02. The van der Waals surface area contributed by atoms with Crippen LogP contribution in [-0.4, -0.2) is 17.6 Å². The van der Waals surface area contributed by atoms with Crippen LogP contribution in [0.25, 0.3) is 6.08 Å². The second-order valence-electron chi connectivity index (χ2n) is 3.03. The van der Waals surface area contributed by atoms with Gasteiger partial charge in [-0.25, -0.2) is 0 Å². The first-order valence-electron chi connectivity index (χ1n) is 5.05. The molecule has 0 saturated carbocycles. The number of carbonyl (C=O) groups excluding carboxylic acids is 1. The summed E-state index contributed by atoms with van der Waals surface area (Å²) in [5, 5.41) is 0. The van der Waals surface area contributed by atoms with E-state index < -0.39 is 0 Å². The van der Waals surface area contributed by atoms with Gasteiger partial charge in [-0.15, -0.1) is 0 Å². The smallest absolute Gasteiger partial charge is 0.306 e. The first-order valence-corrected chi connectivity index (χ1v) is 5.05. The van der Waals surface area contributed by atoms with E-state index in [0.717, 1.165) is 5.56 Å². The molecule has 1 heterocycles. The van der Waals surface area contributed by atoms with Crippen LogP contribution in [-0.2, 0) is 9.53 Å². The van der Waals surface area contributed by atoms with Gasteiger partial charge in [0.15, 0.2) is 0 Å². The normalized spacial score (nSPS) is 10.5. The quantitative estimate of drug-likeness (QED) is 0.693. The summed E-state index contributed by atoms with van der Waals surface area (Å²) in [6.07, 6.45) is 8.55. The Hall–Kier alpha value is -1.64. The maximum absolute atomic E-state index is 11.0. The SMILES string of the molecule is CCOC(=O)CC/C=C/c1cccnc1. The molecule has 3 nitrogen and oxygen atoms in total. The van der Waals surface area contributed by atoms with E-state index in [0.29, 0.717) is 19.4 Å². The molecular formula is C12H15NO2. The predicted molar refractivity (Wildman–Crippen MR) is 59.1 cm³/mol. The second-order valence-corrected chi connectivity index (χ2v) is 3.03. The molecule has 0 saturated heterocycles. The van der Waals surface area contributed by atoms with Crippen LogP contribution >= 0.6 is 0 Å². The number of esters is 1. The molecule has 0 spiro atoms. The zero-order valence-electron chi connectivity index (χ0n) is 8.85. The van der Waals surface area contributed by atoms with Crippen molar-refractivity contribution < 1.29 is 9.53 Å². The van der Waals surface area contributed by atoms with Crippen molar-refractivity contribution in [2.24, 2.45) is 0 Å². The molecule has 0 aliphatic heterocycles. The van der Waals surface area contributed by atoms with Crippen LogP contribution in [0.3, 0.4) is 0 Å². The van der Waals surface area contributed by atoms with Gasteiger partial charge < -0.3 is 4.74 Å². The number of ether oxygens (including phenoxy) is 1. The molecule has 0 fully saturated rings. The molecule has 80 valence electrons. The Labute approximate surface area is 89.8 Å². The van der Waals surface area contributed by atoms with E-state index in [1.165, 1.54) is 0 Å². The minimum atomic E-state index is -0.145. The first kappa shape index (κ1) is 11.4. The van der Waals surface area contributed by atoms with Crippen molar-refractivity contribution in [3.8, 4) is 0 Å². The molecule has 0 aromatic carbocycles. The fraction of sp³-hybridized carbons (Fsp3) is 0.333. The highest BCUT2D eigenvalue weighted by Crippen LogP contribution is 2.01. The molecule has 15 heavy (non-hydrogen) atoms. The molecule has 1 aromatic rings. The van der Waals surface area contributed by atoms with E-state index in [9.17, 15) is 4.79 Å². The lowest BCUT2D eigenvalue weighted by molar-refractivity contribution is -0.142. The molecule has 3 heteroatoms. The van der Waals surface area contributed by atoms with Crippen molar-refractivity contribution in [2.45, 2.75) is 19.8 Å². The van der Waals surface area contributed by atoms with Gasteiger partial charge in [0.2, 0.25) is 0 Å². The highest BCUT2D eigenvalue weighted by molar-refractivity contribution is 5.69. The van der Waals surface area contributed by atoms with Crippen molar-refractivity contribution >= 4 is 12.0 Å². The first-order chi connectivity index (χ1) is 7.33. The molecule has 0 N–H and O–H groups in total. The Kier molecular flexibility index (Phi) is 5.15. The third-order valence-corrected chi connectivity index (χ3v) is 1.82. The predicted octanol–water partition coefficient (Wildman–Crippen LogP) is 2.44. The fourth-order valence-electron chi connectivity index (χ4n) is 1.13. The van der Waals surface area contributed by atoms with Gasteiger partial charge in [0, 0.05) is 18.8 Å². The lowest BCUT2D eigenvalue weighted by atomic mass is 10.2. The molecule has 0 amide bonds. The van der Waals surface area contributed by atoms with Crippen LogP contribution in [0.1, 0.15) is 25.3 Å². The molecule has 0 aliphatic carbocycles. The van der Waals surface area contributed by atoms with Gasteiger partial charge in [-0.3, -0.25) is 9.78 Å². The summed E-state index contributed by atoms with van der Waals surface area (Å²) in [5.41, 5.74) is 1.04. The average Bonchev–Trinajstić information content (AvgIpc) is 2.26. The summed E-state index contributed by atoms with van der Waals surface area (Å²) in [7, 11) is 0. The number of hydrogen-bond donors (Lipinski definition) is 0. The summed E-state index contributed by atoms with van der Waals surface area (Å²) < 4.78 is 4.81. The third-order valence-electron chi connectivity index (χ3n) is 1.82. The van der Waals surface area contributed by atoms with Crippen molar-refractivity contribution in [3.05, 3.63) is 36.2 Å². The third kappa shape index (κ3) is 4.96. The number of carbonyl (C=O) groups is 1. The van der Waals surface area contributed by atoms with E-state index in [-0.39, 0.29) is 5.97 Å². The molecule has 0 aliphatic rings. The molecule has 0 unspecified atom stereocenters. The highest BCUT2D eigenvalue weighted by Gasteiger charge is 1.97. The van der Waals surface area contributed by atoms with Crippen LogP contribution in [0.2, 0.25) is 0 Å². The number of hydrogen-bond acceptors (Lipinski definition) is 3. The number of nitrogens with zero attached hydrogens (tertiary/aromatic N) is 1. The van der Waals surface area contributed by atoms with Crippen LogP contribution < -0.4 is 0 Å². The van der Waals surface area contributed by atoms with Crippen molar-refractivity contribution in [1.29, 1.82) is 0 Å². The molecular weight excluding hydrogens is 190 g/mol. The van der Waals surface area contributed by atoms with E-state index in [1.807, 2.05) is 31.2 Å². The standard InChI is InChI=1S/C12H15NO2/c1-2-15-12(14)8-4-3-6-11-7-5-9-13-10-11/h3,5-7,9-10H,2,4,8H2,1H3/b6-3+. The van der Waals surface area contributed by atoms with Crippen molar-refractivity contribution in [2.75, 3.05) is 6.61 Å². The lowest BCUT2D eigenvalue weighted by Gasteiger charge is -1.97. The van der Waals surface area contributed by atoms with Crippen molar-refractivity contribution in [3.63, 3.8) is 0 Å². The van der Waals surface area contributed by atoms with Gasteiger partial charge in [0.1, 0.15) is 0 Å². The molecule has 0 radical (unpaired) electrons. The molecule has 0 atom stereocenters.